The first-order valence-corrected chi connectivity index (χ1v) is 9.14. The Kier molecular flexibility index (Phi) is 7.45. The van der Waals surface area contributed by atoms with Gasteiger partial charge < -0.3 is 14.8 Å². The minimum atomic E-state index is -0.562. The highest BCUT2D eigenvalue weighted by Crippen LogP contribution is 2.37. The third kappa shape index (κ3) is 5.04. The molecule has 1 N–H and O–H groups in total. The van der Waals surface area contributed by atoms with Gasteiger partial charge in [-0.1, -0.05) is 17.7 Å². The van der Waals surface area contributed by atoms with E-state index in [0.29, 0.717) is 37.8 Å². The minimum absolute atomic E-state index is 0.0981. The summed E-state index contributed by atoms with van der Waals surface area (Å²) in [4.78, 5) is 12.5. The van der Waals surface area contributed by atoms with Gasteiger partial charge in [0.2, 0.25) is 0 Å². The van der Waals surface area contributed by atoms with E-state index in [0.717, 1.165) is 0 Å². The Morgan fingerprint density at radius 3 is 2.75 bits per heavy atom. The van der Waals surface area contributed by atoms with Crippen LogP contribution in [0.4, 0.5) is 5.69 Å². The molecule has 2 aromatic rings. The molecule has 0 aliphatic rings. The molecule has 142 valence electrons. The van der Waals surface area contributed by atoms with E-state index in [9.17, 15) is 10.1 Å². The van der Waals surface area contributed by atoms with E-state index >= 15 is 0 Å². The summed E-state index contributed by atoms with van der Waals surface area (Å²) in [5.74, 6) is 0.158. The molecule has 0 saturated heterocycles. The largest absolute Gasteiger partial charge is 0.493 e. The fourth-order valence-corrected chi connectivity index (χ4v) is 3.06. The first kappa shape index (κ1) is 21.3. The zero-order chi connectivity index (χ0) is 20.7. The number of halogens is 2. The molecule has 0 fully saturated rings. The smallest absolute Gasteiger partial charge is 0.266 e. The van der Waals surface area contributed by atoms with Crippen molar-refractivity contribution >= 4 is 45.2 Å². The highest BCUT2D eigenvalue weighted by Gasteiger charge is 2.15. The number of nitrogens with zero attached hydrogens (tertiary/aromatic N) is 2. The molecule has 0 spiro atoms. The number of nitriles is 2. The highest BCUT2D eigenvalue weighted by molar-refractivity contribution is 9.10. The van der Waals surface area contributed by atoms with Crippen LogP contribution >= 0.6 is 27.5 Å². The predicted octanol–water partition coefficient (Wildman–Crippen LogP) is 4.87. The van der Waals surface area contributed by atoms with Crippen molar-refractivity contribution in [3.05, 3.63) is 56.5 Å². The van der Waals surface area contributed by atoms with Gasteiger partial charge in [0, 0.05) is 10.7 Å². The zero-order valence-electron chi connectivity index (χ0n) is 15.0. The number of benzene rings is 2. The molecule has 28 heavy (non-hydrogen) atoms. The molecular weight excluding hydrogens is 446 g/mol. The number of methoxy groups -OCH3 is 1. The summed E-state index contributed by atoms with van der Waals surface area (Å²) in [7, 11) is 1.45. The maximum atomic E-state index is 12.5. The van der Waals surface area contributed by atoms with Crippen molar-refractivity contribution in [1.82, 2.24) is 0 Å². The number of amides is 1. The molecule has 0 aromatic heterocycles. The van der Waals surface area contributed by atoms with Crippen molar-refractivity contribution in [2.75, 3.05) is 19.0 Å². The van der Waals surface area contributed by atoms with Crippen LogP contribution in [0.15, 0.2) is 40.4 Å². The average Bonchev–Trinajstić information content (AvgIpc) is 2.68. The second-order valence-electron chi connectivity index (χ2n) is 5.52. The summed E-state index contributed by atoms with van der Waals surface area (Å²) in [6.45, 7) is 1.63. The van der Waals surface area contributed by atoms with E-state index in [-0.39, 0.29) is 12.2 Å². The summed E-state index contributed by atoms with van der Waals surface area (Å²) >= 11 is 9.41. The molecule has 0 heterocycles. The predicted molar refractivity (Wildman–Crippen MR) is 110 cm³/mol. The van der Waals surface area contributed by atoms with Gasteiger partial charge in [0.1, 0.15) is 17.7 Å². The lowest BCUT2D eigenvalue weighted by Gasteiger charge is -2.12. The molecule has 1 amide bonds. The van der Waals surface area contributed by atoms with Gasteiger partial charge in [0.15, 0.2) is 18.1 Å². The summed E-state index contributed by atoms with van der Waals surface area (Å²) in [6.07, 6.45) is 1.43. The van der Waals surface area contributed by atoms with Gasteiger partial charge >= 0.3 is 0 Å². The number of nitrogens with one attached hydrogen (secondary N) is 1. The van der Waals surface area contributed by atoms with Gasteiger partial charge in [0.25, 0.3) is 5.91 Å². The lowest BCUT2D eigenvalue weighted by Crippen LogP contribution is -2.14. The third-order valence-corrected chi connectivity index (χ3v) is 4.72. The molecule has 8 heteroatoms. The molecule has 0 bridgehead atoms. The van der Waals surface area contributed by atoms with Gasteiger partial charge in [-0.2, -0.15) is 10.5 Å². The molecular formula is C20H15BrClN3O3. The van der Waals surface area contributed by atoms with Crippen LogP contribution in [0.1, 0.15) is 11.1 Å². The Labute approximate surface area is 176 Å². The van der Waals surface area contributed by atoms with Crippen molar-refractivity contribution in [2.45, 2.75) is 6.92 Å². The van der Waals surface area contributed by atoms with Crippen LogP contribution in [-0.4, -0.2) is 19.6 Å². The molecule has 0 atom stereocenters. The molecule has 0 unspecified atom stereocenters. The summed E-state index contributed by atoms with van der Waals surface area (Å²) in [5.41, 5.74) is 1.68. The minimum Gasteiger partial charge on any atom is -0.493 e. The molecule has 0 radical (unpaired) electrons. The first-order valence-electron chi connectivity index (χ1n) is 7.96. The quantitative estimate of drug-likeness (QED) is 0.490. The van der Waals surface area contributed by atoms with E-state index in [1.807, 2.05) is 12.1 Å². The maximum Gasteiger partial charge on any atom is 0.266 e. The van der Waals surface area contributed by atoms with Crippen LogP contribution in [0.3, 0.4) is 0 Å². The molecule has 2 aromatic carbocycles. The summed E-state index contributed by atoms with van der Waals surface area (Å²) in [6, 6.07) is 12.2. The lowest BCUT2D eigenvalue weighted by atomic mass is 10.1. The van der Waals surface area contributed by atoms with Crippen LogP contribution in [0, 0.1) is 29.6 Å². The Balaban J connectivity index is 2.34. The van der Waals surface area contributed by atoms with Crippen LogP contribution in [-0.2, 0) is 4.79 Å². The molecule has 0 aliphatic carbocycles. The van der Waals surface area contributed by atoms with Gasteiger partial charge in [0.05, 0.1) is 11.6 Å². The topological polar surface area (TPSA) is 95.1 Å². The van der Waals surface area contributed by atoms with Crippen LogP contribution in [0.5, 0.6) is 11.5 Å². The van der Waals surface area contributed by atoms with Gasteiger partial charge in [-0.05, 0) is 64.3 Å². The Morgan fingerprint density at radius 1 is 1.36 bits per heavy atom. The van der Waals surface area contributed by atoms with Crippen molar-refractivity contribution < 1.29 is 14.3 Å². The second kappa shape index (κ2) is 9.80. The fourth-order valence-electron chi connectivity index (χ4n) is 2.32. The summed E-state index contributed by atoms with van der Waals surface area (Å²) in [5, 5.41) is 21.3. The van der Waals surface area contributed by atoms with Crippen LogP contribution in [0.2, 0.25) is 5.02 Å². The number of hydrogen-bond donors (Lipinski definition) is 1. The number of ether oxygens (including phenoxy) is 2. The van der Waals surface area contributed by atoms with Gasteiger partial charge in [-0.25, -0.2) is 0 Å². The molecule has 0 aliphatic heterocycles. The van der Waals surface area contributed by atoms with E-state index in [1.54, 1.807) is 37.3 Å². The summed E-state index contributed by atoms with van der Waals surface area (Å²) < 4.78 is 11.1. The van der Waals surface area contributed by atoms with Gasteiger partial charge in [-0.3, -0.25) is 4.79 Å². The molecule has 6 nitrogen and oxygen atoms in total. The normalized spacial score (nSPS) is 10.6. The first-order chi connectivity index (χ1) is 13.4. The Morgan fingerprint density at radius 2 is 2.11 bits per heavy atom. The van der Waals surface area contributed by atoms with Crippen molar-refractivity contribution in [2.24, 2.45) is 0 Å². The molecule has 2 rings (SSSR count). The zero-order valence-corrected chi connectivity index (χ0v) is 17.4. The van der Waals surface area contributed by atoms with Crippen molar-refractivity contribution in [3.8, 4) is 23.6 Å². The number of carbonyl (C=O) groups is 1. The third-order valence-electron chi connectivity index (χ3n) is 3.72. The average molecular weight is 461 g/mol. The van der Waals surface area contributed by atoms with E-state index in [4.69, 9.17) is 26.3 Å². The van der Waals surface area contributed by atoms with Crippen LogP contribution in [0.25, 0.3) is 6.08 Å². The van der Waals surface area contributed by atoms with Crippen molar-refractivity contribution in [3.63, 3.8) is 0 Å². The maximum absolute atomic E-state index is 12.5. The number of carbonyl (C=O) groups excluding carboxylic acids is 1. The lowest BCUT2D eigenvalue weighted by molar-refractivity contribution is -0.112. The van der Waals surface area contributed by atoms with E-state index in [1.165, 1.54) is 13.2 Å². The highest BCUT2D eigenvalue weighted by atomic mass is 79.9. The number of hydrogen-bond acceptors (Lipinski definition) is 5. The van der Waals surface area contributed by atoms with E-state index < -0.39 is 5.91 Å². The van der Waals surface area contributed by atoms with Crippen molar-refractivity contribution in [1.29, 1.82) is 10.5 Å². The van der Waals surface area contributed by atoms with Crippen LogP contribution < -0.4 is 14.8 Å². The monoisotopic (exact) mass is 459 g/mol. The number of anilines is 1. The Bertz CT molecular complexity index is 1020. The van der Waals surface area contributed by atoms with E-state index in [2.05, 4.69) is 21.2 Å². The van der Waals surface area contributed by atoms with Gasteiger partial charge in [-0.15, -0.1) is 0 Å². The fraction of sp³-hybridized carbons (Fsp3) is 0.150. The SMILES string of the molecule is COc1cc(/C=C(/C#N)C(=O)Nc2cccc(Cl)c2C)cc(Br)c1OCC#N. The second-order valence-corrected chi connectivity index (χ2v) is 6.78. The standard InChI is InChI=1S/C20H15BrClN3O3/c1-12-16(22)4-3-5-17(12)25-20(26)14(11-24)8-13-9-15(21)19(28-7-6-23)18(10-13)27-2/h3-5,8-10H,7H2,1-2H3,(H,25,26)/b14-8-. The Hall–Kier alpha value is -3.00. The molecule has 0 saturated carbocycles. The number of rotatable bonds is 6.